The first-order valence-corrected chi connectivity index (χ1v) is 6.88. The second kappa shape index (κ2) is 6.64. The van der Waals surface area contributed by atoms with Crippen LogP contribution in [0, 0.1) is 22.7 Å². The molecule has 1 fully saturated rings. The van der Waals surface area contributed by atoms with E-state index in [9.17, 15) is 4.79 Å². The summed E-state index contributed by atoms with van der Waals surface area (Å²) in [7, 11) is 0. The average molecular weight is 236 g/mol. The van der Waals surface area contributed by atoms with Crippen LogP contribution in [-0.2, 0) is 4.79 Å². The monoisotopic (exact) mass is 236 g/mol. The molecule has 0 spiro atoms. The smallest absolute Gasteiger partial charge is 0.240 e. The lowest BCUT2D eigenvalue weighted by atomic mass is 9.83. The lowest BCUT2D eigenvalue weighted by Crippen LogP contribution is -2.40. The molecule has 0 saturated heterocycles. The molecule has 0 aliphatic heterocycles. The zero-order valence-electron chi connectivity index (χ0n) is 11.1. The topological polar surface area (TPSA) is 52.9 Å². The van der Waals surface area contributed by atoms with E-state index in [4.69, 9.17) is 5.26 Å². The Labute approximate surface area is 105 Å². The van der Waals surface area contributed by atoms with Gasteiger partial charge in [-0.2, -0.15) is 5.26 Å². The lowest BCUT2D eigenvalue weighted by molar-refractivity contribution is -0.128. The van der Waals surface area contributed by atoms with Crippen molar-refractivity contribution in [1.82, 2.24) is 5.32 Å². The SMILES string of the molecule is CCC(C#N)(CC)C(=O)NCCC1CCCC1. The molecule has 0 atom stereocenters. The summed E-state index contributed by atoms with van der Waals surface area (Å²) >= 11 is 0. The van der Waals surface area contributed by atoms with E-state index in [1.54, 1.807) is 0 Å². The van der Waals surface area contributed by atoms with Crippen molar-refractivity contribution >= 4 is 5.91 Å². The standard InChI is InChI=1S/C14H24N2O/c1-3-14(4-2,11-15)13(17)16-10-9-12-7-5-6-8-12/h12H,3-10H2,1-2H3,(H,16,17). The van der Waals surface area contributed by atoms with Crippen LogP contribution in [0.25, 0.3) is 0 Å². The van der Waals surface area contributed by atoms with Gasteiger partial charge in [-0.05, 0) is 25.2 Å². The van der Waals surface area contributed by atoms with E-state index < -0.39 is 5.41 Å². The lowest BCUT2D eigenvalue weighted by Gasteiger charge is -2.22. The minimum Gasteiger partial charge on any atom is -0.355 e. The van der Waals surface area contributed by atoms with Crippen LogP contribution in [-0.4, -0.2) is 12.5 Å². The summed E-state index contributed by atoms with van der Waals surface area (Å²) < 4.78 is 0. The van der Waals surface area contributed by atoms with Gasteiger partial charge in [0.2, 0.25) is 5.91 Å². The number of nitrogens with zero attached hydrogens (tertiary/aromatic N) is 1. The van der Waals surface area contributed by atoms with Crippen LogP contribution >= 0.6 is 0 Å². The third-order valence-corrected chi connectivity index (χ3v) is 4.17. The molecule has 0 unspecified atom stereocenters. The molecular weight excluding hydrogens is 212 g/mol. The van der Waals surface area contributed by atoms with Gasteiger partial charge in [0.15, 0.2) is 0 Å². The van der Waals surface area contributed by atoms with Crippen molar-refractivity contribution in [1.29, 1.82) is 5.26 Å². The van der Waals surface area contributed by atoms with Crippen molar-refractivity contribution < 1.29 is 4.79 Å². The van der Waals surface area contributed by atoms with Gasteiger partial charge in [0.1, 0.15) is 5.41 Å². The summed E-state index contributed by atoms with van der Waals surface area (Å²) in [4.78, 5) is 12.0. The molecule has 0 aromatic heterocycles. The number of carbonyl (C=O) groups is 1. The molecule has 0 aromatic rings. The van der Waals surface area contributed by atoms with Crippen molar-refractivity contribution in [2.75, 3.05) is 6.54 Å². The molecule has 1 saturated carbocycles. The summed E-state index contributed by atoms with van der Waals surface area (Å²) in [5.41, 5.74) is -0.810. The Morgan fingerprint density at radius 2 is 1.94 bits per heavy atom. The molecule has 1 amide bonds. The van der Waals surface area contributed by atoms with E-state index >= 15 is 0 Å². The highest BCUT2D eigenvalue weighted by atomic mass is 16.2. The van der Waals surface area contributed by atoms with Gasteiger partial charge in [-0.3, -0.25) is 4.79 Å². The van der Waals surface area contributed by atoms with Gasteiger partial charge in [0.05, 0.1) is 6.07 Å². The predicted octanol–water partition coefficient (Wildman–Crippen LogP) is 3.01. The molecule has 0 bridgehead atoms. The molecule has 1 rings (SSSR count). The van der Waals surface area contributed by atoms with E-state index in [0.717, 1.165) is 18.9 Å². The van der Waals surface area contributed by atoms with Gasteiger partial charge in [0.25, 0.3) is 0 Å². The zero-order chi connectivity index (χ0) is 12.7. The van der Waals surface area contributed by atoms with Crippen LogP contribution in [0.15, 0.2) is 0 Å². The largest absolute Gasteiger partial charge is 0.355 e. The van der Waals surface area contributed by atoms with Gasteiger partial charge in [-0.15, -0.1) is 0 Å². The first-order chi connectivity index (χ1) is 8.18. The number of amides is 1. The Kier molecular flexibility index (Phi) is 5.47. The van der Waals surface area contributed by atoms with Crippen LogP contribution < -0.4 is 5.32 Å². The van der Waals surface area contributed by atoms with Gasteiger partial charge in [0, 0.05) is 6.54 Å². The average Bonchev–Trinajstić information content (AvgIpc) is 2.85. The minimum absolute atomic E-state index is 0.0806. The van der Waals surface area contributed by atoms with E-state index in [1.807, 2.05) is 13.8 Å². The fraction of sp³-hybridized carbons (Fsp3) is 0.857. The molecule has 1 aliphatic rings. The Bertz CT molecular complexity index is 283. The number of nitrogens with one attached hydrogen (secondary N) is 1. The highest BCUT2D eigenvalue weighted by Gasteiger charge is 2.34. The number of rotatable bonds is 6. The normalized spacial score (nSPS) is 16.8. The van der Waals surface area contributed by atoms with Gasteiger partial charge < -0.3 is 5.32 Å². The van der Waals surface area contributed by atoms with E-state index in [2.05, 4.69) is 11.4 Å². The first-order valence-electron chi connectivity index (χ1n) is 6.88. The van der Waals surface area contributed by atoms with Gasteiger partial charge >= 0.3 is 0 Å². The second-order valence-corrected chi connectivity index (χ2v) is 5.10. The Morgan fingerprint density at radius 3 is 2.41 bits per heavy atom. The first kappa shape index (κ1) is 14.0. The Morgan fingerprint density at radius 1 is 1.35 bits per heavy atom. The summed E-state index contributed by atoms with van der Waals surface area (Å²) in [6.07, 6.45) is 7.54. The summed E-state index contributed by atoms with van der Waals surface area (Å²) in [5.74, 6) is 0.707. The third kappa shape index (κ3) is 3.46. The van der Waals surface area contributed by atoms with Crippen molar-refractivity contribution in [3.63, 3.8) is 0 Å². The zero-order valence-corrected chi connectivity index (χ0v) is 11.1. The van der Waals surface area contributed by atoms with Crippen molar-refractivity contribution in [3.8, 4) is 6.07 Å². The molecule has 96 valence electrons. The number of hydrogen-bond acceptors (Lipinski definition) is 2. The number of carbonyl (C=O) groups excluding carboxylic acids is 1. The molecule has 1 N–H and O–H groups in total. The fourth-order valence-corrected chi connectivity index (χ4v) is 2.64. The van der Waals surface area contributed by atoms with E-state index in [0.29, 0.717) is 12.8 Å². The van der Waals surface area contributed by atoms with Gasteiger partial charge in [-0.1, -0.05) is 39.5 Å². The summed E-state index contributed by atoms with van der Waals surface area (Å²) in [5, 5.41) is 12.1. The Balaban J connectivity index is 2.35. The molecule has 0 aromatic carbocycles. The van der Waals surface area contributed by atoms with Crippen molar-refractivity contribution in [2.24, 2.45) is 11.3 Å². The molecular formula is C14H24N2O. The van der Waals surface area contributed by atoms with Crippen LogP contribution in [0.4, 0.5) is 0 Å². The maximum absolute atomic E-state index is 12.0. The van der Waals surface area contributed by atoms with E-state index in [1.165, 1.54) is 25.7 Å². The van der Waals surface area contributed by atoms with Crippen molar-refractivity contribution in [2.45, 2.75) is 58.8 Å². The van der Waals surface area contributed by atoms with Crippen molar-refractivity contribution in [3.05, 3.63) is 0 Å². The molecule has 0 heterocycles. The molecule has 3 nitrogen and oxygen atoms in total. The molecule has 1 aliphatic carbocycles. The molecule has 17 heavy (non-hydrogen) atoms. The van der Waals surface area contributed by atoms with Crippen LogP contribution in [0.3, 0.4) is 0 Å². The highest BCUT2D eigenvalue weighted by Crippen LogP contribution is 2.28. The Hall–Kier alpha value is -1.04. The van der Waals surface area contributed by atoms with Gasteiger partial charge in [-0.25, -0.2) is 0 Å². The minimum atomic E-state index is -0.810. The maximum atomic E-state index is 12.0. The fourth-order valence-electron chi connectivity index (χ4n) is 2.64. The molecule has 3 heteroatoms. The maximum Gasteiger partial charge on any atom is 0.240 e. The van der Waals surface area contributed by atoms with Crippen LogP contribution in [0.1, 0.15) is 58.8 Å². The summed E-state index contributed by atoms with van der Waals surface area (Å²) in [6, 6.07) is 2.18. The summed E-state index contributed by atoms with van der Waals surface area (Å²) in [6.45, 7) is 4.54. The van der Waals surface area contributed by atoms with Crippen LogP contribution in [0.5, 0.6) is 0 Å². The predicted molar refractivity (Wildman–Crippen MR) is 68.2 cm³/mol. The second-order valence-electron chi connectivity index (χ2n) is 5.10. The third-order valence-electron chi connectivity index (χ3n) is 4.17. The van der Waals surface area contributed by atoms with Crippen LogP contribution in [0.2, 0.25) is 0 Å². The van der Waals surface area contributed by atoms with E-state index in [-0.39, 0.29) is 5.91 Å². The molecule has 0 radical (unpaired) electrons. The number of nitriles is 1. The quantitative estimate of drug-likeness (QED) is 0.770. The highest BCUT2D eigenvalue weighted by molar-refractivity contribution is 5.85. The number of hydrogen-bond donors (Lipinski definition) is 1.